The van der Waals surface area contributed by atoms with Crippen LogP contribution in [0.1, 0.15) is 12.5 Å². The fourth-order valence-electron chi connectivity index (χ4n) is 2.19. The van der Waals surface area contributed by atoms with Crippen LogP contribution in [0.4, 0.5) is 0 Å². The summed E-state index contributed by atoms with van der Waals surface area (Å²) in [4.78, 5) is 4.55. The smallest absolute Gasteiger partial charge is 0.0708 e. The van der Waals surface area contributed by atoms with Crippen LogP contribution >= 0.6 is 0 Å². The molecule has 1 aromatic heterocycles. The predicted molar refractivity (Wildman–Crippen MR) is 76.6 cm³/mol. The lowest BCUT2D eigenvalue weighted by molar-refractivity contribution is 1.14. The molecule has 0 saturated heterocycles. The normalized spacial score (nSPS) is 10.7. The first-order chi connectivity index (χ1) is 8.86. The van der Waals surface area contributed by atoms with E-state index in [1.807, 2.05) is 12.3 Å². The summed E-state index contributed by atoms with van der Waals surface area (Å²) in [5.74, 6) is 0. The number of nitrogens with zero attached hydrogens (tertiary/aromatic N) is 1. The molecule has 0 amide bonds. The van der Waals surface area contributed by atoms with Gasteiger partial charge >= 0.3 is 0 Å². The summed E-state index contributed by atoms with van der Waals surface area (Å²) in [6, 6.07) is 19.1. The number of pyridine rings is 1. The summed E-state index contributed by atoms with van der Waals surface area (Å²) in [7, 11) is 0. The summed E-state index contributed by atoms with van der Waals surface area (Å²) in [6.45, 7) is 2.17. The minimum Gasteiger partial charge on any atom is -0.256 e. The molecule has 18 heavy (non-hydrogen) atoms. The van der Waals surface area contributed by atoms with Gasteiger partial charge in [0.2, 0.25) is 0 Å². The van der Waals surface area contributed by atoms with Crippen molar-refractivity contribution in [1.82, 2.24) is 4.98 Å². The van der Waals surface area contributed by atoms with E-state index in [2.05, 4.69) is 60.4 Å². The monoisotopic (exact) mass is 233 g/mol. The van der Waals surface area contributed by atoms with Crippen LogP contribution in [0.2, 0.25) is 0 Å². The molecule has 0 aliphatic heterocycles. The van der Waals surface area contributed by atoms with Gasteiger partial charge in [-0.25, -0.2) is 0 Å². The van der Waals surface area contributed by atoms with Gasteiger partial charge in [0, 0.05) is 17.1 Å². The highest BCUT2D eigenvalue weighted by Crippen LogP contribution is 2.22. The first-order valence-corrected chi connectivity index (χ1v) is 6.31. The molecule has 0 bridgehead atoms. The third kappa shape index (κ3) is 2.00. The van der Waals surface area contributed by atoms with Gasteiger partial charge in [-0.05, 0) is 29.5 Å². The number of hydrogen-bond acceptors (Lipinski definition) is 1. The second kappa shape index (κ2) is 4.61. The van der Waals surface area contributed by atoms with Crippen LogP contribution in [-0.4, -0.2) is 4.98 Å². The van der Waals surface area contributed by atoms with E-state index in [0.717, 1.165) is 12.1 Å². The maximum Gasteiger partial charge on any atom is 0.0708 e. The van der Waals surface area contributed by atoms with E-state index in [0.29, 0.717) is 0 Å². The molecule has 0 aliphatic rings. The standard InChI is InChI=1S/C17H15N/c1-2-13-6-5-9-15(10-13)17-11-14-7-3-4-8-16(14)12-18-17/h3-12H,2H2,1H3. The molecular weight excluding hydrogens is 218 g/mol. The van der Waals surface area contributed by atoms with Crippen molar-refractivity contribution in [2.45, 2.75) is 13.3 Å². The second-order valence-electron chi connectivity index (χ2n) is 4.47. The van der Waals surface area contributed by atoms with Crippen LogP contribution in [-0.2, 0) is 6.42 Å². The van der Waals surface area contributed by atoms with Crippen molar-refractivity contribution >= 4 is 10.8 Å². The van der Waals surface area contributed by atoms with Crippen LogP contribution in [0.15, 0.2) is 60.8 Å². The average molecular weight is 233 g/mol. The van der Waals surface area contributed by atoms with Crippen LogP contribution in [0.25, 0.3) is 22.0 Å². The Morgan fingerprint density at radius 3 is 2.56 bits per heavy atom. The molecular formula is C17H15N. The lowest BCUT2D eigenvalue weighted by Crippen LogP contribution is -1.86. The molecule has 0 spiro atoms. The molecule has 1 heteroatoms. The molecule has 0 atom stereocenters. The highest BCUT2D eigenvalue weighted by Gasteiger charge is 2.01. The zero-order chi connectivity index (χ0) is 12.4. The number of benzene rings is 2. The van der Waals surface area contributed by atoms with Gasteiger partial charge in [0.05, 0.1) is 5.69 Å². The zero-order valence-electron chi connectivity index (χ0n) is 10.4. The SMILES string of the molecule is CCc1cccc(-c2cc3ccccc3cn2)c1. The van der Waals surface area contributed by atoms with Crippen LogP contribution in [0, 0.1) is 0 Å². The Morgan fingerprint density at radius 2 is 1.72 bits per heavy atom. The van der Waals surface area contributed by atoms with Gasteiger partial charge in [0.25, 0.3) is 0 Å². The van der Waals surface area contributed by atoms with Gasteiger partial charge < -0.3 is 0 Å². The molecule has 0 unspecified atom stereocenters. The third-order valence-electron chi connectivity index (χ3n) is 3.26. The first-order valence-electron chi connectivity index (χ1n) is 6.31. The Labute approximate surface area is 107 Å². The van der Waals surface area contributed by atoms with Crippen LogP contribution < -0.4 is 0 Å². The lowest BCUT2D eigenvalue weighted by Gasteiger charge is -2.05. The van der Waals surface area contributed by atoms with Gasteiger partial charge in [-0.15, -0.1) is 0 Å². The maximum atomic E-state index is 4.55. The molecule has 0 saturated carbocycles. The number of fused-ring (bicyclic) bond motifs is 1. The third-order valence-corrected chi connectivity index (χ3v) is 3.26. The van der Waals surface area contributed by atoms with Crippen molar-refractivity contribution in [3.8, 4) is 11.3 Å². The fraction of sp³-hybridized carbons (Fsp3) is 0.118. The molecule has 3 aromatic rings. The average Bonchev–Trinajstić information content (AvgIpc) is 2.47. The van der Waals surface area contributed by atoms with Crippen LogP contribution in [0.5, 0.6) is 0 Å². The predicted octanol–water partition coefficient (Wildman–Crippen LogP) is 4.46. The van der Waals surface area contributed by atoms with Crippen molar-refractivity contribution < 1.29 is 0 Å². The van der Waals surface area contributed by atoms with Gasteiger partial charge in [-0.1, -0.05) is 49.4 Å². The maximum absolute atomic E-state index is 4.55. The highest BCUT2D eigenvalue weighted by molar-refractivity contribution is 5.85. The molecule has 0 N–H and O–H groups in total. The second-order valence-corrected chi connectivity index (χ2v) is 4.47. The Morgan fingerprint density at radius 1 is 0.889 bits per heavy atom. The van der Waals surface area contributed by atoms with E-state index >= 15 is 0 Å². The molecule has 1 nitrogen and oxygen atoms in total. The van der Waals surface area contributed by atoms with E-state index in [1.54, 1.807) is 0 Å². The molecule has 0 radical (unpaired) electrons. The van der Waals surface area contributed by atoms with E-state index in [4.69, 9.17) is 0 Å². The number of rotatable bonds is 2. The lowest BCUT2D eigenvalue weighted by atomic mass is 10.0. The minimum absolute atomic E-state index is 1.05. The topological polar surface area (TPSA) is 12.9 Å². The minimum atomic E-state index is 1.05. The van der Waals surface area contributed by atoms with E-state index in [-0.39, 0.29) is 0 Å². The van der Waals surface area contributed by atoms with Crippen molar-refractivity contribution in [3.05, 3.63) is 66.4 Å². The van der Waals surface area contributed by atoms with E-state index in [9.17, 15) is 0 Å². The van der Waals surface area contributed by atoms with Gasteiger partial charge in [0.15, 0.2) is 0 Å². The van der Waals surface area contributed by atoms with E-state index < -0.39 is 0 Å². The van der Waals surface area contributed by atoms with E-state index in [1.165, 1.54) is 21.9 Å². The number of aryl methyl sites for hydroxylation is 1. The van der Waals surface area contributed by atoms with Gasteiger partial charge in [-0.3, -0.25) is 4.98 Å². The molecule has 88 valence electrons. The summed E-state index contributed by atoms with van der Waals surface area (Å²) in [5, 5.41) is 2.43. The van der Waals surface area contributed by atoms with Crippen molar-refractivity contribution in [2.75, 3.05) is 0 Å². The molecule has 2 aromatic carbocycles. The fourth-order valence-corrected chi connectivity index (χ4v) is 2.19. The van der Waals surface area contributed by atoms with Crippen LogP contribution in [0.3, 0.4) is 0 Å². The van der Waals surface area contributed by atoms with Crippen molar-refractivity contribution in [1.29, 1.82) is 0 Å². The number of hydrogen-bond donors (Lipinski definition) is 0. The summed E-state index contributed by atoms with van der Waals surface area (Å²) >= 11 is 0. The Balaban J connectivity index is 2.13. The number of aromatic nitrogens is 1. The van der Waals surface area contributed by atoms with Gasteiger partial charge in [0.1, 0.15) is 0 Å². The van der Waals surface area contributed by atoms with Crippen molar-refractivity contribution in [3.63, 3.8) is 0 Å². The Kier molecular flexibility index (Phi) is 2.81. The first kappa shape index (κ1) is 11.0. The largest absolute Gasteiger partial charge is 0.256 e. The van der Waals surface area contributed by atoms with Crippen molar-refractivity contribution in [2.24, 2.45) is 0 Å². The summed E-state index contributed by atoms with van der Waals surface area (Å²) < 4.78 is 0. The summed E-state index contributed by atoms with van der Waals surface area (Å²) in [5.41, 5.74) is 3.59. The molecule has 3 rings (SSSR count). The molecule has 1 heterocycles. The molecule has 0 aliphatic carbocycles. The molecule has 0 fully saturated rings. The van der Waals surface area contributed by atoms with Gasteiger partial charge in [-0.2, -0.15) is 0 Å². The highest BCUT2D eigenvalue weighted by atomic mass is 14.7. The quantitative estimate of drug-likeness (QED) is 0.636. The Bertz CT molecular complexity index is 686. The summed E-state index contributed by atoms with van der Waals surface area (Å²) in [6.07, 6.45) is 3.00. The Hall–Kier alpha value is -2.15. The zero-order valence-corrected chi connectivity index (χ0v) is 10.4.